The third-order valence-electron chi connectivity index (χ3n) is 5.79. The summed E-state index contributed by atoms with van der Waals surface area (Å²) in [6.07, 6.45) is 0. The van der Waals surface area contributed by atoms with Gasteiger partial charge >= 0.3 is 0 Å². The Kier molecular flexibility index (Phi) is 4.92. The van der Waals surface area contributed by atoms with Gasteiger partial charge < -0.3 is 10.4 Å². The molecule has 0 radical (unpaired) electrons. The van der Waals surface area contributed by atoms with Gasteiger partial charge in [-0.15, -0.1) is 0 Å². The second-order valence-corrected chi connectivity index (χ2v) is 7.78. The van der Waals surface area contributed by atoms with E-state index in [2.05, 4.69) is 5.32 Å². The van der Waals surface area contributed by atoms with Gasteiger partial charge in [-0.3, -0.25) is 14.5 Å². The van der Waals surface area contributed by atoms with Crippen LogP contribution in [0.4, 0.5) is 11.4 Å². The number of aliphatic hydroxyl groups is 1. The predicted molar refractivity (Wildman–Crippen MR) is 118 cm³/mol. The lowest BCUT2D eigenvalue weighted by Gasteiger charge is -2.24. The van der Waals surface area contributed by atoms with E-state index >= 15 is 0 Å². The van der Waals surface area contributed by atoms with Gasteiger partial charge in [-0.05, 0) is 49.6 Å². The van der Waals surface area contributed by atoms with Crippen molar-refractivity contribution in [2.24, 2.45) is 0 Å². The van der Waals surface area contributed by atoms with Crippen molar-refractivity contribution in [3.05, 3.63) is 94.5 Å². The molecule has 30 heavy (non-hydrogen) atoms. The summed E-state index contributed by atoms with van der Waals surface area (Å²) in [5, 5.41) is 14.4. The summed E-state index contributed by atoms with van der Waals surface area (Å²) < 4.78 is 0. The zero-order valence-electron chi connectivity index (χ0n) is 17.3. The minimum Gasteiger partial charge on any atom is -0.372 e. The van der Waals surface area contributed by atoms with Gasteiger partial charge in [0, 0.05) is 11.3 Å². The number of anilines is 2. The number of nitrogens with one attached hydrogen (secondary N) is 1. The Morgan fingerprint density at radius 2 is 1.67 bits per heavy atom. The van der Waals surface area contributed by atoms with Crippen LogP contribution in [0, 0.1) is 20.8 Å². The molecular formula is C25H24N2O3. The van der Waals surface area contributed by atoms with Gasteiger partial charge in [0.1, 0.15) is 6.54 Å². The van der Waals surface area contributed by atoms with Crippen molar-refractivity contribution >= 4 is 23.2 Å². The van der Waals surface area contributed by atoms with Crippen molar-refractivity contribution in [2.75, 3.05) is 16.8 Å². The molecular weight excluding hydrogens is 376 g/mol. The number of rotatable bonds is 4. The molecule has 0 fully saturated rings. The maximum atomic E-state index is 13.4. The molecule has 0 aromatic heterocycles. The van der Waals surface area contributed by atoms with E-state index < -0.39 is 11.5 Å². The fourth-order valence-electron chi connectivity index (χ4n) is 3.89. The number of amides is 2. The Balaban J connectivity index is 1.66. The number of carbonyl (C=O) groups is 2. The fraction of sp³-hybridized carbons (Fsp3) is 0.200. The van der Waals surface area contributed by atoms with Gasteiger partial charge in [-0.2, -0.15) is 0 Å². The highest BCUT2D eigenvalue weighted by Crippen LogP contribution is 2.44. The number of hydrogen-bond acceptors (Lipinski definition) is 3. The van der Waals surface area contributed by atoms with Crippen LogP contribution in [0.3, 0.4) is 0 Å². The van der Waals surface area contributed by atoms with E-state index in [9.17, 15) is 14.7 Å². The predicted octanol–water partition coefficient (Wildman–Crippen LogP) is 3.83. The monoisotopic (exact) mass is 400 g/mol. The van der Waals surface area contributed by atoms with Crippen LogP contribution in [0.2, 0.25) is 0 Å². The van der Waals surface area contributed by atoms with E-state index in [0.29, 0.717) is 22.5 Å². The lowest BCUT2D eigenvalue weighted by Crippen LogP contribution is -2.44. The number of para-hydroxylation sites is 1. The average molecular weight is 400 g/mol. The number of fused-ring (bicyclic) bond motifs is 1. The van der Waals surface area contributed by atoms with Crippen molar-refractivity contribution in [1.29, 1.82) is 0 Å². The number of nitrogens with zero attached hydrogens (tertiary/aromatic N) is 1. The van der Waals surface area contributed by atoms with Crippen LogP contribution >= 0.6 is 0 Å². The molecule has 1 aliphatic heterocycles. The molecule has 1 aliphatic rings. The highest BCUT2D eigenvalue weighted by atomic mass is 16.3. The highest BCUT2D eigenvalue weighted by molar-refractivity contribution is 6.12. The van der Waals surface area contributed by atoms with Crippen LogP contribution in [0.25, 0.3) is 0 Å². The van der Waals surface area contributed by atoms with E-state index in [1.807, 2.05) is 51.1 Å². The molecule has 1 heterocycles. The van der Waals surface area contributed by atoms with Crippen LogP contribution < -0.4 is 10.2 Å². The summed E-state index contributed by atoms with van der Waals surface area (Å²) in [4.78, 5) is 27.5. The summed E-state index contributed by atoms with van der Waals surface area (Å²) in [5.74, 6) is -0.844. The quantitative estimate of drug-likeness (QED) is 0.699. The molecule has 3 aromatic rings. The van der Waals surface area contributed by atoms with Crippen LogP contribution in [-0.2, 0) is 15.2 Å². The highest BCUT2D eigenvalue weighted by Gasteiger charge is 2.51. The van der Waals surface area contributed by atoms with Crippen molar-refractivity contribution in [3.8, 4) is 0 Å². The lowest BCUT2D eigenvalue weighted by molar-refractivity contribution is -0.133. The van der Waals surface area contributed by atoms with Gasteiger partial charge in [0.2, 0.25) is 5.91 Å². The van der Waals surface area contributed by atoms with Crippen LogP contribution in [-0.4, -0.2) is 23.5 Å². The standard InChI is InChI=1S/C25H24N2O3/c1-16-11-13-19(14-12-16)25(30)20-8-4-5-10-22(20)27(24(25)29)15-23(28)26-21-9-6-7-17(2)18(21)3/h4-14,30H,15H2,1-3H3,(H,26,28)/t25-/m1/s1. The Morgan fingerprint density at radius 1 is 0.967 bits per heavy atom. The maximum Gasteiger partial charge on any atom is 0.268 e. The zero-order valence-corrected chi connectivity index (χ0v) is 17.3. The van der Waals surface area contributed by atoms with E-state index in [-0.39, 0.29) is 12.5 Å². The van der Waals surface area contributed by atoms with Crippen molar-refractivity contribution in [3.63, 3.8) is 0 Å². The summed E-state index contributed by atoms with van der Waals surface area (Å²) >= 11 is 0. The van der Waals surface area contributed by atoms with Crippen LogP contribution in [0.15, 0.2) is 66.7 Å². The summed E-state index contributed by atoms with van der Waals surface area (Å²) in [6.45, 7) is 5.68. The normalized spacial score (nSPS) is 17.7. The molecule has 0 bridgehead atoms. The molecule has 0 saturated heterocycles. The second-order valence-electron chi connectivity index (χ2n) is 7.78. The van der Waals surface area contributed by atoms with Crippen LogP contribution in [0.1, 0.15) is 27.8 Å². The topological polar surface area (TPSA) is 69.6 Å². The Labute approximate surface area is 176 Å². The minimum absolute atomic E-state index is 0.183. The Bertz CT molecular complexity index is 1140. The molecule has 0 unspecified atom stereocenters. The summed E-state index contributed by atoms with van der Waals surface area (Å²) in [7, 11) is 0. The largest absolute Gasteiger partial charge is 0.372 e. The molecule has 5 heteroatoms. The summed E-state index contributed by atoms with van der Waals surface area (Å²) in [6, 6.07) is 20.0. The molecule has 3 aromatic carbocycles. The lowest BCUT2D eigenvalue weighted by atomic mass is 9.87. The van der Waals surface area contributed by atoms with Gasteiger partial charge in [0.15, 0.2) is 5.60 Å². The van der Waals surface area contributed by atoms with Crippen molar-refractivity contribution in [1.82, 2.24) is 0 Å². The van der Waals surface area contributed by atoms with Gasteiger partial charge in [0.25, 0.3) is 5.91 Å². The first-order valence-corrected chi connectivity index (χ1v) is 9.89. The Hall–Kier alpha value is -3.44. The Morgan fingerprint density at radius 3 is 2.40 bits per heavy atom. The number of benzene rings is 3. The maximum absolute atomic E-state index is 13.4. The first-order valence-electron chi connectivity index (χ1n) is 9.89. The van der Waals surface area contributed by atoms with Gasteiger partial charge in [-0.25, -0.2) is 0 Å². The fourth-order valence-corrected chi connectivity index (χ4v) is 3.89. The minimum atomic E-state index is -1.82. The van der Waals surface area contributed by atoms with E-state index in [4.69, 9.17) is 0 Å². The summed E-state index contributed by atoms with van der Waals surface area (Å²) in [5.41, 5.74) is 3.51. The van der Waals surface area contributed by atoms with Gasteiger partial charge in [0.05, 0.1) is 5.69 Å². The van der Waals surface area contributed by atoms with Crippen molar-refractivity contribution in [2.45, 2.75) is 26.4 Å². The van der Waals surface area contributed by atoms with Gasteiger partial charge in [-0.1, -0.05) is 60.2 Å². The number of carbonyl (C=O) groups excluding carboxylic acids is 2. The third kappa shape index (κ3) is 3.17. The first-order chi connectivity index (χ1) is 14.3. The molecule has 152 valence electrons. The number of aryl methyl sites for hydroxylation is 2. The molecule has 0 aliphatic carbocycles. The molecule has 1 atom stereocenters. The zero-order chi connectivity index (χ0) is 21.5. The van der Waals surface area contributed by atoms with Crippen molar-refractivity contribution < 1.29 is 14.7 Å². The molecule has 0 saturated carbocycles. The smallest absolute Gasteiger partial charge is 0.268 e. The number of hydrogen-bond donors (Lipinski definition) is 2. The first kappa shape index (κ1) is 19.9. The third-order valence-corrected chi connectivity index (χ3v) is 5.79. The molecule has 2 N–H and O–H groups in total. The van der Waals surface area contributed by atoms with E-state index in [1.54, 1.807) is 36.4 Å². The SMILES string of the molecule is Cc1ccc([C@]2(O)C(=O)N(CC(=O)Nc3cccc(C)c3C)c3ccccc32)cc1. The molecule has 4 rings (SSSR count). The molecule has 5 nitrogen and oxygen atoms in total. The van der Waals surface area contributed by atoms with Crippen LogP contribution in [0.5, 0.6) is 0 Å². The molecule has 0 spiro atoms. The molecule has 2 amide bonds. The van der Waals surface area contributed by atoms with E-state index in [0.717, 1.165) is 16.7 Å². The van der Waals surface area contributed by atoms with E-state index in [1.165, 1.54) is 4.90 Å². The second kappa shape index (κ2) is 7.43. The average Bonchev–Trinajstić information content (AvgIpc) is 2.95.